The van der Waals surface area contributed by atoms with E-state index in [-0.39, 0.29) is 5.91 Å². The quantitative estimate of drug-likeness (QED) is 0.818. The lowest BCUT2D eigenvalue weighted by molar-refractivity contribution is -0.131. The lowest BCUT2D eigenvalue weighted by Gasteiger charge is -2.30. The summed E-state index contributed by atoms with van der Waals surface area (Å²) in [6, 6.07) is 6.00. The predicted octanol–water partition coefficient (Wildman–Crippen LogP) is 4.01. The van der Waals surface area contributed by atoms with E-state index in [9.17, 15) is 4.79 Å². The largest absolute Gasteiger partial charge is 0.341 e. The van der Waals surface area contributed by atoms with Crippen LogP contribution in [0.2, 0.25) is 10.0 Å². The van der Waals surface area contributed by atoms with Crippen molar-refractivity contribution in [2.45, 2.75) is 44.6 Å². The number of amides is 1. The van der Waals surface area contributed by atoms with E-state index in [2.05, 4.69) is 9.80 Å². The Morgan fingerprint density at radius 1 is 1.04 bits per heavy atom. The Hall–Kier alpha value is -0.770. The zero-order chi connectivity index (χ0) is 16.2. The number of hydrogen-bond donors (Lipinski definition) is 0. The summed E-state index contributed by atoms with van der Waals surface area (Å²) in [6.07, 6.45) is 6.55. The summed E-state index contributed by atoms with van der Waals surface area (Å²) >= 11 is 12.0. The summed E-state index contributed by atoms with van der Waals surface area (Å²) in [6.45, 7) is 4.14. The van der Waals surface area contributed by atoms with E-state index in [0.717, 1.165) is 25.1 Å². The average Bonchev–Trinajstić information content (AvgIpc) is 2.95. The minimum Gasteiger partial charge on any atom is -0.341 e. The first-order valence-electron chi connectivity index (χ1n) is 8.59. The molecule has 1 aromatic carbocycles. The third-order valence-electron chi connectivity index (χ3n) is 5.00. The molecule has 126 valence electrons. The van der Waals surface area contributed by atoms with Gasteiger partial charge in [-0.2, -0.15) is 0 Å². The molecule has 0 radical (unpaired) electrons. The molecule has 1 unspecified atom stereocenters. The third-order valence-corrected chi connectivity index (χ3v) is 5.73. The maximum absolute atomic E-state index is 12.7. The lowest BCUT2D eigenvalue weighted by atomic mass is 10.1. The second-order valence-corrected chi connectivity index (χ2v) is 7.47. The van der Waals surface area contributed by atoms with Crippen LogP contribution in [-0.2, 0) is 11.2 Å². The third kappa shape index (κ3) is 4.40. The molecule has 0 aliphatic carbocycles. The fourth-order valence-corrected chi connectivity index (χ4v) is 4.01. The zero-order valence-corrected chi connectivity index (χ0v) is 15.0. The molecule has 2 heterocycles. The first kappa shape index (κ1) is 17.1. The van der Waals surface area contributed by atoms with Gasteiger partial charge in [-0.25, -0.2) is 0 Å². The molecule has 1 atom stereocenters. The van der Waals surface area contributed by atoms with E-state index in [1.807, 2.05) is 6.07 Å². The Bertz CT molecular complexity index is 558. The molecule has 2 fully saturated rings. The molecule has 0 bridgehead atoms. The standard InChI is InChI=1S/C18H24Cl2N2O/c19-16-7-6-14(11-17(16)20)12-18(23)22-10-2-1-5-15(13-22)21-8-3-4-9-21/h6-7,11,15H,1-5,8-10,12-13H2. The van der Waals surface area contributed by atoms with Crippen LogP contribution in [0.1, 0.15) is 37.7 Å². The highest BCUT2D eigenvalue weighted by molar-refractivity contribution is 6.42. The Morgan fingerprint density at radius 2 is 1.78 bits per heavy atom. The van der Waals surface area contributed by atoms with Crippen molar-refractivity contribution < 1.29 is 4.79 Å². The van der Waals surface area contributed by atoms with E-state index in [4.69, 9.17) is 23.2 Å². The van der Waals surface area contributed by atoms with E-state index in [1.54, 1.807) is 12.1 Å². The molecule has 1 amide bonds. The Labute approximate surface area is 148 Å². The van der Waals surface area contributed by atoms with Crippen molar-refractivity contribution in [3.05, 3.63) is 33.8 Å². The van der Waals surface area contributed by atoms with Crippen molar-refractivity contribution in [3.63, 3.8) is 0 Å². The second-order valence-electron chi connectivity index (χ2n) is 6.66. The Kier molecular flexibility index (Phi) is 5.84. The van der Waals surface area contributed by atoms with E-state index in [0.29, 0.717) is 22.5 Å². The summed E-state index contributed by atoms with van der Waals surface area (Å²) in [7, 11) is 0. The Balaban J connectivity index is 1.63. The van der Waals surface area contributed by atoms with Gasteiger partial charge in [-0.15, -0.1) is 0 Å². The number of halogens is 2. The van der Waals surface area contributed by atoms with Gasteiger partial charge in [0.25, 0.3) is 0 Å². The molecule has 2 saturated heterocycles. The van der Waals surface area contributed by atoms with E-state index >= 15 is 0 Å². The first-order chi connectivity index (χ1) is 11.1. The molecule has 1 aromatic rings. The van der Waals surface area contributed by atoms with Gasteiger partial charge in [0.1, 0.15) is 0 Å². The number of carbonyl (C=O) groups is 1. The van der Waals surface area contributed by atoms with Crippen LogP contribution < -0.4 is 0 Å². The van der Waals surface area contributed by atoms with Crippen molar-refractivity contribution in [2.24, 2.45) is 0 Å². The van der Waals surface area contributed by atoms with Crippen molar-refractivity contribution in [2.75, 3.05) is 26.2 Å². The van der Waals surface area contributed by atoms with Crippen molar-refractivity contribution >= 4 is 29.1 Å². The number of rotatable bonds is 3. The van der Waals surface area contributed by atoms with Crippen molar-refractivity contribution in [1.82, 2.24) is 9.80 Å². The molecular weight excluding hydrogens is 331 g/mol. The zero-order valence-electron chi connectivity index (χ0n) is 13.4. The number of carbonyl (C=O) groups excluding carboxylic acids is 1. The van der Waals surface area contributed by atoms with Crippen LogP contribution >= 0.6 is 23.2 Å². The molecule has 3 nitrogen and oxygen atoms in total. The van der Waals surface area contributed by atoms with Gasteiger partial charge in [0.05, 0.1) is 16.5 Å². The molecule has 3 rings (SSSR count). The van der Waals surface area contributed by atoms with Gasteiger partial charge in [-0.1, -0.05) is 35.7 Å². The molecule has 2 aliphatic rings. The highest BCUT2D eigenvalue weighted by Crippen LogP contribution is 2.24. The summed E-state index contributed by atoms with van der Waals surface area (Å²) in [5, 5.41) is 1.05. The normalized spacial score (nSPS) is 23.0. The maximum atomic E-state index is 12.7. The first-order valence-corrected chi connectivity index (χ1v) is 9.35. The number of nitrogens with zero attached hydrogens (tertiary/aromatic N) is 2. The van der Waals surface area contributed by atoms with Gasteiger partial charge in [0, 0.05) is 19.1 Å². The molecule has 0 aromatic heterocycles. The maximum Gasteiger partial charge on any atom is 0.227 e. The van der Waals surface area contributed by atoms with E-state index < -0.39 is 0 Å². The monoisotopic (exact) mass is 354 g/mol. The van der Waals surface area contributed by atoms with Gasteiger partial charge < -0.3 is 4.90 Å². The Morgan fingerprint density at radius 3 is 2.52 bits per heavy atom. The summed E-state index contributed by atoms with van der Waals surface area (Å²) in [5.74, 6) is 0.203. The molecule has 2 aliphatic heterocycles. The van der Waals surface area contributed by atoms with Crippen molar-refractivity contribution in [3.8, 4) is 0 Å². The molecule has 0 N–H and O–H groups in total. The summed E-state index contributed by atoms with van der Waals surface area (Å²) in [5.41, 5.74) is 0.936. The molecule has 23 heavy (non-hydrogen) atoms. The van der Waals surface area contributed by atoms with Crippen LogP contribution in [-0.4, -0.2) is 47.9 Å². The van der Waals surface area contributed by atoms with Crippen LogP contribution in [0.15, 0.2) is 18.2 Å². The molecule has 0 saturated carbocycles. The fourth-order valence-electron chi connectivity index (χ4n) is 3.69. The van der Waals surface area contributed by atoms with Gasteiger partial charge in [-0.05, 0) is 56.5 Å². The second kappa shape index (κ2) is 7.87. The van der Waals surface area contributed by atoms with Crippen molar-refractivity contribution in [1.29, 1.82) is 0 Å². The number of benzene rings is 1. The fraction of sp³-hybridized carbons (Fsp3) is 0.611. The minimum atomic E-state index is 0.203. The average molecular weight is 355 g/mol. The van der Waals surface area contributed by atoms with Gasteiger partial charge in [-0.3, -0.25) is 9.69 Å². The molecular formula is C18H24Cl2N2O. The van der Waals surface area contributed by atoms with E-state index in [1.165, 1.54) is 38.8 Å². The topological polar surface area (TPSA) is 23.6 Å². The minimum absolute atomic E-state index is 0.203. The smallest absolute Gasteiger partial charge is 0.227 e. The van der Waals surface area contributed by atoms with Crippen LogP contribution in [0.4, 0.5) is 0 Å². The van der Waals surface area contributed by atoms with Crippen LogP contribution in [0.25, 0.3) is 0 Å². The lowest BCUT2D eigenvalue weighted by Crippen LogP contribution is -2.44. The molecule has 5 heteroatoms. The SMILES string of the molecule is O=C(Cc1ccc(Cl)c(Cl)c1)N1CCCCC(N2CCCC2)C1. The van der Waals surface area contributed by atoms with Gasteiger partial charge in [0.2, 0.25) is 5.91 Å². The molecule has 0 spiro atoms. The van der Waals surface area contributed by atoms with Crippen LogP contribution in [0, 0.1) is 0 Å². The van der Waals surface area contributed by atoms with Gasteiger partial charge in [0.15, 0.2) is 0 Å². The number of hydrogen-bond acceptors (Lipinski definition) is 2. The predicted molar refractivity (Wildman–Crippen MR) is 95.2 cm³/mol. The summed E-state index contributed by atoms with van der Waals surface area (Å²) in [4.78, 5) is 17.3. The van der Waals surface area contributed by atoms with Crippen LogP contribution in [0.5, 0.6) is 0 Å². The van der Waals surface area contributed by atoms with Gasteiger partial charge >= 0.3 is 0 Å². The highest BCUT2D eigenvalue weighted by atomic mass is 35.5. The summed E-state index contributed by atoms with van der Waals surface area (Å²) < 4.78 is 0. The number of likely N-dealkylation sites (tertiary alicyclic amines) is 2. The highest BCUT2D eigenvalue weighted by Gasteiger charge is 2.27. The van der Waals surface area contributed by atoms with Crippen LogP contribution in [0.3, 0.4) is 0 Å².